The van der Waals surface area contributed by atoms with Crippen molar-refractivity contribution < 1.29 is 15.1 Å². The van der Waals surface area contributed by atoms with Gasteiger partial charge >= 0.3 is 0 Å². The molecule has 1 unspecified atom stereocenters. The summed E-state index contributed by atoms with van der Waals surface area (Å²) in [7, 11) is 1.65. The third kappa shape index (κ3) is 4.59. The van der Waals surface area contributed by atoms with Crippen LogP contribution in [-0.4, -0.2) is 23.2 Å². The van der Waals surface area contributed by atoms with Crippen molar-refractivity contribution in [3.05, 3.63) is 77.0 Å². The molecule has 2 aromatic carbocycles. The van der Waals surface area contributed by atoms with Gasteiger partial charge in [0.25, 0.3) is 0 Å². The highest BCUT2D eigenvalue weighted by atomic mass is 16.5. The Morgan fingerprint density at radius 1 is 1.28 bits per heavy atom. The van der Waals surface area contributed by atoms with Crippen molar-refractivity contribution in [3.8, 4) is 5.75 Å². The van der Waals surface area contributed by atoms with E-state index in [2.05, 4.69) is 11.6 Å². The summed E-state index contributed by atoms with van der Waals surface area (Å²) in [6.45, 7) is 6.03. The minimum absolute atomic E-state index is 0.155. The average molecular weight is 341 g/mol. The van der Waals surface area contributed by atoms with Crippen molar-refractivity contribution in [2.75, 3.05) is 7.05 Å². The lowest BCUT2D eigenvalue weighted by molar-refractivity contribution is 0.0416. The fourth-order valence-corrected chi connectivity index (χ4v) is 2.44. The Kier molecular flexibility index (Phi) is 6.16. The van der Waals surface area contributed by atoms with Crippen molar-refractivity contribution in [2.45, 2.75) is 19.6 Å². The quantitative estimate of drug-likeness (QED) is 0.352. The number of rotatable bonds is 7. The molecule has 0 amide bonds. The van der Waals surface area contributed by atoms with E-state index in [4.69, 9.17) is 10.5 Å². The smallest absolute Gasteiger partial charge is 0.125 e. The van der Waals surface area contributed by atoms with E-state index >= 15 is 0 Å². The number of hydrogen-bond donors (Lipinski definition) is 4. The first-order valence-electron chi connectivity index (χ1n) is 7.77. The highest BCUT2D eigenvalue weighted by Gasteiger charge is 2.16. The van der Waals surface area contributed by atoms with Gasteiger partial charge in [-0.15, -0.1) is 0 Å². The van der Waals surface area contributed by atoms with Crippen molar-refractivity contribution in [3.63, 3.8) is 0 Å². The molecule has 25 heavy (non-hydrogen) atoms. The molecule has 5 N–H and O–H groups in total. The van der Waals surface area contributed by atoms with E-state index in [1.165, 1.54) is 0 Å². The van der Waals surface area contributed by atoms with Gasteiger partial charge in [-0.1, -0.05) is 30.8 Å². The number of amidine groups is 1. The second-order valence-corrected chi connectivity index (χ2v) is 5.68. The van der Waals surface area contributed by atoms with Crippen LogP contribution in [0.4, 0.5) is 0 Å². The predicted molar refractivity (Wildman–Crippen MR) is 97.5 cm³/mol. The Hall–Kier alpha value is -2.83. The van der Waals surface area contributed by atoms with Gasteiger partial charge in [0.1, 0.15) is 17.7 Å². The van der Waals surface area contributed by atoms with E-state index in [-0.39, 0.29) is 12.4 Å². The highest BCUT2D eigenvalue weighted by Crippen LogP contribution is 2.26. The van der Waals surface area contributed by atoms with E-state index in [1.54, 1.807) is 31.3 Å². The van der Waals surface area contributed by atoms with Crippen LogP contribution < -0.4 is 11.2 Å². The molecule has 2 rings (SSSR count). The topological polar surface area (TPSA) is 100 Å². The van der Waals surface area contributed by atoms with Crippen LogP contribution in [0.25, 0.3) is 0 Å². The molecule has 0 spiro atoms. The zero-order valence-electron chi connectivity index (χ0n) is 14.4. The minimum atomic E-state index is -0.576. The first-order chi connectivity index (χ1) is 12.0. The van der Waals surface area contributed by atoms with Gasteiger partial charge in [-0.2, -0.15) is 0 Å². The molecule has 6 heteroatoms. The summed E-state index contributed by atoms with van der Waals surface area (Å²) in [6.07, 6.45) is -0.576. The van der Waals surface area contributed by atoms with Gasteiger partial charge in [0.2, 0.25) is 0 Å². The van der Waals surface area contributed by atoms with Crippen LogP contribution in [0.15, 0.2) is 59.7 Å². The Morgan fingerprint density at radius 2 is 1.96 bits per heavy atom. The van der Waals surface area contributed by atoms with Crippen LogP contribution in [0.1, 0.15) is 28.4 Å². The van der Waals surface area contributed by atoms with Gasteiger partial charge in [0.05, 0.1) is 12.3 Å². The number of phenols is 1. The van der Waals surface area contributed by atoms with Crippen molar-refractivity contribution in [1.82, 2.24) is 5.48 Å². The standard InChI is InChI=1S/C19H23N3O3/c1-12-4-5-14(10-17(12)19(20)21-3)11-25-18(13(2)22-24)15-6-8-16(23)9-7-15/h4-10,18,22-24H,2,11H2,1,3H3,(H2,20,21). The Balaban J connectivity index is 2.21. The van der Waals surface area contributed by atoms with E-state index in [1.807, 2.05) is 30.6 Å². The molecule has 0 saturated heterocycles. The molecule has 0 aliphatic heterocycles. The highest BCUT2D eigenvalue weighted by molar-refractivity contribution is 5.98. The molecule has 0 aromatic heterocycles. The number of nitrogens with zero attached hydrogens (tertiary/aromatic N) is 1. The first kappa shape index (κ1) is 18.5. The number of aryl methyl sites for hydroxylation is 1. The Bertz CT molecular complexity index is 770. The van der Waals surface area contributed by atoms with Gasteiger partial charge < -0.3 is 15.6 Å². The third-order valence-electron chi connectivity index (χ3n) is 3.89. The third-order valence-corrected chi connectivity index (χ3v) is 3.89. The van der Waals surface area contributed by atoms with Gasteiger partial charge in [-0.25, -0.2) is 0 Å². The zero-order chi connectivity index (χ0) is 18.4. The minimum Gasteiger partial charge on any atom is -0.508 e. The number of aromatic hydroxyl groups is 1. The molecule has 0 bridgehead atoms. The fourth-order valence-electron chi connectivity index (χ4n) is 2.44. The molecule has 0 aliphatic carbocycles. The van der Waals surface area contributed by atoms with Gasteiger partial charge in [-0.05, 0) is 41.8 Å². The van der Waals surface area contributed by atoms with Crippen LogP contribution in [0.3, 0.4) is 0 Å². The predicted octanol–water partition coefficient (Wildman–Crippen LogP) is 2.79. The summed E-state index contributed by atoms with van der Waals surface area (Å²) >= 11 is 0. The molecular weight excluding hydrogens is 318 g/mol. The zero-order valence-corrected chi connectivity index (χ0v) is 14.4. The lowest BCUT2D eigenvalue weighted by atomic mass is 10.0. The Morgan fingerprint density at radius 3 is 2.56 bits per heavy atom. The monoisotopic (exact) mass is 341 g/mol. The number of aliphatic imine (C=N–C) groups is 1. The largest absolute Gasteiger partial charge is 0.508 e. The average Bonchev–Trinajstić information content (AvgIpc) is 2.63. The second kappa shape index (κ2) is 8.32. The maximum atomic E-state index is 9.42. The molecule has 0 radical (unpaired) electrons. The summed E-state index contributed by atoms with van der Waals surface area (Å²) in [4.78, 5) is 4.03. The molecule has 1 atom stereocenters. The molecule has 2 aromatic rings. The maximum absolute atomic E-state index is 9.42. The van der Waals surface area contributed by atoms with Crippen LogP contribution >= 0.6 is 0 Å². The van der Waals surface area contributed by atoms with E-state index in [0.717, 1.165) is 22.3 Å². The number of hydroxylamine groups is 1. The van der Waals surface area contributed by atoms with Crippen LogP contribution in [-0.2, 0) is 11.3 Å². The lowest BCUT2D eigenvalue weighted by Gasteiger charge is -2.20. The van der Waals surface area contributed by atoms with Gasteiger partial charge in [0, 0.05) is 12.6 Å². The number of benzene rings is 2. The molecule has 0 saturated carbocycles. The number of nitrogens with two attached hydrogens (primary N) is 1. The maximum Gasteiger partial charge on any atom is 0.125 e. The summed E-state index contributed by atoms with van der Waals surface area (Å²) in [5.41, 5.74) is 11.8. The van der Waals surface area contributed by atoms with Crippen LogP contribution in [0.5, 0.6) is 5.75 Å². The van der Waals surface area contributed by atoms with Crippen molar-refractivity contribution in [1.29, 1.82) is 0 Å². The Labute approximate surface area is 147 Å². The molecule has 132 valence electrons. The summed E-state index contributed by atoms with van der Waals surface area (Å²) < 4.78 is 5.93. The molecule has 6 nitrogen and oxygen atoms in total. The van der Waals surface area contributed by atoms with E-state index in [0.29, 0.717) is 11.5 Å². The fraction of sp³-hybridized carbons (Fsp3) is 0.211. The molecular formula is C19H23N3O3. The van der Waals surface area contributed by atoms with Crippen LogP contribution in [0, 0.1) is 6.92 Å². The molecule has 0 heterocycles. The van der Waals surface area contributed by atoms with E-state index < -0.39 is 6.10 Å². The second-order valence-electron chi connectivity index (χ2n) is 5.68. The lowest BCUT2D eigenvalue weighted by Crippen LogP contribution is -2.18. The molecule has 0 fully saturated rings. The van der Waals surface area contributed by atoms with Crippen LogP contribution in [0.2, 0.25) is 0 Å². The summed E-state index contributed by atoms with van der Waals surface area (Å²) in [5.74, 6) is 0.624. The summed E-state index contributed by atoms with van der Waals surface area (Å²) in [6, 6.07) is 12.4. The van der Waals surface area contributed by atoms with Crippen molar-refractivity contribution in [2.24, 2.45) is 10.7 Å². The number of ether oxygens (including phenoxy) is 1. The normalized spacial score (nSPS) is 12.7. The first-order valence-corrected chi connectivity index (χ1v) is 7.77. The number of hydrogen-bond acceptors (Lipinski definition) is 5. The summed E-state index contributed by atoms with van der Waals surface area (Å²) in [5, 5.41) is 18.6. The molecule has 0 aliphatic rings. The van der Waals surface area contributed by atoms with Gasteiger partial charge in [0.15, 0.2) is 0 Å². The van der Waals surface area contributed by atoms with Crippen molar-refractivity contribution >= 4 is 5.84 Å². The van der Waals surface area contributed by atoms with Gasteiger partial charge in [-0.3, -0.25) is 15.7 Å². The number of phenolic OH excluding ortho intramolecular Hbond substituents is 1. The number of nitrogens with one attached hydrogen (secondary N) is 1. The van der Waals surface area contributed by atoms with E-state index in [9.17, 15) is 10.3 Å². The SMILES string of the molecule is C=C(NO)C(OCc1ccc(C)c(C(N)=NC)c1)c1ccc(O)cc1.